The normalized spacial score (nSPS) is 18.3. The number of hydrogen-bond donors (Lipinski definition) is 1. The minimum atomic E-state index is -0.536. The number of likely N-dealkylation sites (tertiary alicyclic amines) is 1. The quantitative estimate of drug-likeness (QED) is 0.469. The van der Waals surface area contributed by atoms with Gasteiger partial charge in [0.15, 0.2) is 5.69 Å². The van der Waals surface area contributed by atoms with Gasteiger partial charge in [-0.05, 0) is 23.9 Å². The molecule has 0 saturated carbocycles. The molecule has 34 heavy (non-hydrogen) atoms. The van der Waals surface area contributed by atoms with Gasteiger partial charge in [0.25, 0.3) is 0 Å². The Morgan fingerprint density at radius 1 is 1.24 bits per heavy atom. The maximum atomic E-state index is 13.1. The third-order valence-electron chi connectivity index (χ3n) is 5.76. The van der Waals surface area contributed by atoms with E-state index in [9.17, 15) is 9.59 Å². The molecule has 1 aliphatic heterocycles. The summed E-state index contributed by atoms with van der Waals surface area (Å²) in [5.74, 6) is 0.224. The molecule has 0 radical (unpaired) electrons. The van der Waals surface area contributed by atoms with Crippen LogP contribution in [0.3, 0.4) is 0 Å². The summed E-state index contributed by atoms with van der Waals surface area (Å²) in [6.45, 7) is 1.67. The first-order valence-corrected chi connectivity index (χ1v) is 11.8. The van der Waals surface area contributed by atoms with Crippen LogP contribution in [0, 0.1) is 0 Å². The molecule has 1 saturated heterocycles. The second-order valence-corrected chi connectivity index (χ2v) is 8.91. The lowest BCUT2D eigenvalue weighted by Gasteiger charge is -2.21. The van der Waals surface area contributed by atoms with Crippen LogP contribution < -0.4 is 10.1 Å². The summed E-state index contributed by atoms with van der Waals surface area (Å²) in [6, 6.07) is 11.3. The Balaban J connectivity index is 1.48. The number of benzene rings is 1. The van der Waals surface area contributed by atoms with Crippen LogP contribution in [0.25, 0.3) is 6.08 Å². The predicted octanol–water partition coefficient (Wildman–Crippen LogP) is 2.78. The lowest BCUT2D eigenvalue weighted by atomic mass is 10.1. The number of nitrogens with zero attached hydrogens (tertiary/aromatic N) is 4. The number of carbonyl (C=O) groups is 2. The monoisotopic (exact) mass is 481 g/mol. The highest BCUT2D eigenvalue weighted by molar-refractivity contribution is 7.09. The number of hydrogen-bond acceptors (Lipinski definition) is 8. The van der Waals surface area contributed by atoms with E-state index in [1.54, 1.807) is 29.3 Å². The van der Waals surface area contributed by atoms with Gasteiger partial charge >= 0.3 is 5.97 Å². The van der Waals surface area contributed by atoms with Gasteiger partial charge in [-0.1, -0.05) is 41.6 Å². The molecule has 1 fully saturated rings. The maximum Gasteiger partial charge on any atom is 0.360 e. The van der Waals surface area contributed by atoms with Crippen molar-refractivity contribution in [2.75, 3.05) is 27.3 Å². The molecule has 0 spiro atoms. The average molecular weight is 482 g/mol. The Morgan fingerprint density at radius 2 is 2.09 bits per heavy atom. The number of para-hydroxylation sites is 1. The summed E-state index contributed by atoms with van der Waals surface area (Å²) >= 11 is 1.61. The minimum Gasteiger partial charge on any atom is -0.496 e. The van der Waals surface area contributed by atoms with Crippen molar-refractivity contribution in [2.24, 2.45) is 0 Å². The minimum absolute atomic E-state index is 0.0325. The van der Waals surface area contributed by atoms with Gasteiger partial charge in [0, 0.05) is 23.5 Å². The summed E-state index contributed by atoms with van der Waals surface area (Å²) in [5.41, 5.74) is 1.12. The third-order valence-corrected chi connectivity index (χ3v) is 6.63. The van der Waals surface area contributed by atoms with E-state index in [-0.39, 0.29) is 23.7 Å². The van der Waals surface area contributed by atoms with Gasteiger partial charge < -0.3 is 14.8 Å². The van der Waals surface area contributed by atoms with Crippen molar-refractivity contribution in [1.29, 1.82) is 0 Å². The first-order chi connectivity index (χ1) is 16.6. The predicted molar refractivity (Wildman–Crippen MR) is 129 cm³/mol. The zero-order valence-corrected chi connectivity index (χ0v) is 19.9. The number of aromatic nitrogens is 3. The summed E-state index contributed by atoms with van der Waals surface area (Å²) < 4.78 is 11.8. The molecular formula is C24H27N5O4S. The van der Waals surface area contributed by atoms with Crippen LogP contribution in [0.2, 0.25) is 0 Å². The lowest BCUT2D eigenvalue weighted by molar-refractivity contribution is -0.125. The molecule has 1 amide bonds. The molecule has 2 aromatic heterocycles. The number of methoxy groups -OCH3 is 2. The fourth-order valence-electron chi connectivity index (χ4n) is 4.02. The second kappa shape index (κ2) is 11.1. The molecule has 1 aliphatic rings. The Hall–Kier alpha value is -3.50. The van der Waals surface area contributed by atoms with Crippen LogP contribution in [0.1, 0.15) is 33.4 Å². The zero-order chi connectivity index (χ0) is 23.9. The van der Waals surface area contributed by atoms with Crippen LogP contribution in [0.15, 0.2) is 54.1 Å². The van der Waals surface area contributed by atoms with Gasteiger partial charge in [-0.15, -0.1) is 16.4 Å². The molecule has 3 heterocycles. The van der Waals surface area contributed by atoms with Gasteiger partial charge in [0.05, 0.1) is 39.0 Å². The number of amides is 1. The molecule has 178 valence electrons. The van der Waals surface area contributed by atoms with Crippen LogP contribution in [0.4, 0.5) is 0 Å². The average Bonchev–Trinajstić information content (AvgIpc) is 3.63. The summed E-state index contributed by atoms with van der Waals surface area (Å²) in [4.78, 5) is 28.1. The number of ether oxygens (including phenoxy) is 2. The van der Waals surface area contributed by atoms with Gasteiger partial charge in [0.1, 0.15) is 5.75 Å². The number of esters is 1. The highest BCUT2D eigenvalue weighted by Crippen LogP contribution is 2.28. The van der Waals surface area contributed by atoms with E-state index >= 15 is 0 Å². The van der Waals surface area contributed by atoms with Gasteiger partial charge in [0.2, 0.25) is 5.91 Å². The van der Waals surface area contributed by atoms with Crippen molar-refractivity contribution < 1.29 is 19.1 Å². The van der Waals surface area contributed by atoms with Crippen LogP contribution in [-0.4, -0.2) is 65.1 Å². The second-order valence-electron chi connectivity index (χ2n) is 7.88. The Bertz CT molecular complexity index is 1140. The zero-order valence-electron chi connectivity index (χ0n) is 19.1. The molecule has 2 atom stereocenters. The van der Waals surface area contributed by atoms with Crippen molar-refractivity contribution in [3.63, 3.8) is 0 Å². The Kier molecular flexibility index (Phi) is 7.71. The Morgan fingerprint density at radius 3 is 2.85 bits per heavy atom. The van der Waals surface area contributed by atoms with E-state index in [0.717, 1.165) is 16.2 Å². The Labute approximate surface area is 202 Å². The smallest absolute Gasteiger partial charge is 0.360 e. The van der Waals surface area contributed by atoms with Crippen LogP contribution >= 0.6 is 11.3 Å². The topological polar surface area (TPSA) is 98.6 Å². The van der Waals surface area contributed by atoms with Gasteiger partial charge in [-0.25, -0.2) is 9.48 Å². The summed E-state index contributed by atoms with van der Waals surface area (Å²) in [6.07, 6.45) is 6.16. The molecular weight excluding hydrogens is 454 g/mol. The molecule has 1 aromatic carbocycles. The molecule has 10 heteroatoms. The third kappa shape index (κ3) is 5.52. The van der Waals surface area contributed by atoms with Crippen molar-refractivity contribution in [3.05, 3.63) is 70.2 Å². The largest absolute Gasteiger partial charge is 0.496 e. The molecule has 0 bridgehead atoms. The van der Waals surface area contributed by atoms with E-state index in [1.807, 2.05) is 53.9 Å². The van der Waals surface area contributed by atoms with Gasteiger partial charge in [-0.2, -0.15) is 0 Å². The van der Waals surface area contributed by atoms with Crippen molar-refractivity contribution >= 4 is 29.3 Å². The molecule has 0 aliphatic carbocycles. The summed E-state index contributed by atoms with van der Waals surface area (Å²) in [5, 5.41) is 13.1. The van der Waals surface area contributed by atoms with Crippen LogP contribution in [0.5, 0.6) is 5.75 Å². The fourth-order valence-corrected chi connectivity index (χ4v) is 4.67. The van der Waals surface area contributed by atoms with E-state index in [1.165, 1.54) is 7.11 Å². The standard InChI is InChI=1S/C24H27N5O4S/c1-32-22-10-4-3-7-17(22)8-5-11-28-15-18(29-16-20(26-27-29)24(31)33-2)13-21(28)23(30)25-14-19-9-6-12-34-19/h3-10,12,16,18,21H,11,13-15H2,1-2H3,(H,25,30)/b8-5+/t18-,21+/m1/s1. The number of thiophene rings is 1. The van der Waals surface area contributed by atoms with E-state index < -0.39 is 5.97 Å². The molecule has 0 unspecified atom stereocenters. The van der Waals surface area contributed by atoms with Gasteiger partial charge in [-0.3, -0.25) is 9.69 Å². The highest BCUT2D eigenvalue weighted by atomic mass is 32.1. The van der Waals surface area contributed by atoms with Crippen molar-refractivity contribution in [1.82, 2.24) is 25.2 Å². The number of rotatable bonds is 9. The SMILES string of the molecule is COC(=O)c1cn([C@@H]2C[C@@H](C(=O)NCc3cccs3)N(C/C=C/c3ccccc3OC)C2)nn1. The van der Waals surface area contributed by atoms with Crippen LogP contribution in [-0.2, 0) is 16.1 Å². The summed E-state index contributed by atoms with van der Waals surface area (Å²) in [7, 11) is 2.95. The van der Waals surface area contributed by atoms with E-state index in [4.69, 9.17) is 9.47 Å². The first kappa shape index (κ1) is 23.7. The number of nitrogens with one attached hydrogen (secondary N) is 1. The fraction of sp³-hybridized carbons (Fsp3) is 0.333. The first-order valence-electron chi connectivity index (χ1n) is 10.9. The van der Waals surface area contributed by atoms with E-state index in [2.05, 4.69) is 20.5 Å². The lowest BCUT2D eigenvalue weighted by Crippen LogP contribution is -2.42. The maximum absolute atomic E-state index is 13.1. The van der Waals surface area contributed by atoms with Crippen molar-refractivity contribution in [3.8, 4) is 5.75 Å². The van der Waals surface area contributed by atoms with E-state index in [0.29, 0.717) is 26.1 Å². The molecule has 1 N–H and O–H groups in total. The number of carbonyl (C=O) groups excluding carboxylic acids is 2. The molecule has 3 aromatic rings. The molecule has 4 rings (SSSR count). The van der Waals surface area contributed by atoms with Crippen molar-refractivity contribution in [2.45, 2.75) is 25.0 Å². The highest BCUT2D eigenvalue weighted by Gasteiger charge is 2.37. The molecule has 9 nitrogen and oxygen atoms in total.